The summed E-state index contributed by atoms with van der Waals surface area (Å²) in [6.07, 6.45) is 3.61. The highest BCUT2D eigenvalue weighted by molar-refractivity contribution is 7.07. The second kappa shape index (κ2) is 12.3. The fourth-order valence-corrected chi connectivity index (χ4v) is 6.09. The second-order valence-electron chi connectivity index (χ2n) is 10.4. The van der Waals surface area contributed by atoms with Crippen molar-refractivity contribution in [3.05, 3.63) is 87.1 Å². The number of rotatable bonds is 11. The molecule has 5 rings (SSSR count). The average Bonchev–Trinajstić information content (AvgIpc) is 3.59. The number of nitrogens with two attached hydrogens (primary N) is 1. The molecule has 2 aliphatic rings. The van der Waals surface area contributed by atoms with Gasteiger partial charge in [0.25, 0.3) is 0 Å². The van der Waals surface area contributed by atoms with Crippen LogP contribution in [0.4, 0.5) is 5.69 Å². The number of nitrogens with zero attached hydrogens (tertiary/aromatic N) is 3. The number of thiophene rings is 1. The van der Waals surface area contributed by atoms with Crippen molar-refractivity contribution >= 4 is 40.4 Å². The van der Waals surface area contributed by atoms with Crippen molar-refractivity contribution in [1.82, 2.24) is 9.80 Å². The van der Waals surface area contributed by atoms with Gasteiger partial charge in [-0.2, -0.15) is 11.3 Å². The van der Waals surface area contributed by atoms with E-state index in [4.69, 9.17) is 17.3 Å². The first kappa shape index (κ1) is 26.7. The number of benzene rings is 2. The number of anilines is 1. The van der Waals surface area contributed by atoms with Crippen LogP contribution in [-0.4, -0.2) is 54.3 Å². The van der Waals surface area contributed by atoms with E-state index in [1.54, 1.807) is 11.3 Å². The molecule has 200 valence electrons. The number of primary amides is 1. The van der Waals surface area contributed by atoms with E-state index in [2.05, 4.69) is 32.7 Å². The molecule has 8 heteroatoms. The first-order chi connectivity index (χ1) is 18.5. The van der Waals surface area contributed by atoms with Crippen molar-refractivity contribution in [1.29, 1.82) is 0 Å². The van der Waals surface area contributed by atoms with Crippen LogP contribution in [0.1, 0.15) is 42.0 Å². The van der Waals surface area contributed by atoms with Crippen molar-refractivity contribution < 1.29 is 9.59 Å². The van der Waals surface area contributed by atoms with Crippen LogP contribution in [0.15, 0.2) is 65.4 Å². The minimum Gasteiger partial charge on any atom is -0.368 e. The van der Waals surface area contributed by atoms with Crippen LogP contribution in [-0.2, 0) is 22.6 Å². The number of halogens is 1. The van der Waals surface area contributed by atoms with Crippen LogP contribution in [0.2, 0.25) is 5.02 Å². The number of hydrogen-bond acceptors (Lipinski definition) is 5. The Morgan fingerprint density at radius 1 is 1.00 bits per heavy atom. The monoisotopic (exact) mass is 550 g/mol. The summed E-state index contributed by atoms with van der Waals surface area (Å²) < 4.78 is 0. The number of carbonyl (C=O) groups excluding carboxylic acids is 2. The van der Waals surface area contributed by atoms with Gasteiger partial charge in [0.1, 0.15) is 6.04 Å². The van der Waals surface area contributed by atoms with E-state index in [-0.39, 0.29) is 11.8 Å². The molecule has 1 unspecified atom stereocenters. The number of carbonyl (C=O) groups is 2. The van der Waals surface area contributed by atoms with Crippen LogP contribution in [0.25, 0.3) is 0 Å². The molecular weight excluding hydrogens is 516 g/mol. The highest BCUT2D eigenvalue weighted by Crippen LogP contribution is 2.37. The number of aryl methyl sites for hydroxylation is 1. The largest absolute Gasteiger partial charge is 0.368 e. The topological polar surface area (TPSA) is 69.9 Å². The van der Waals surface area contributed by atoms with Gasteiger partial charge in [-0.05, 0) is 71.3 Å². The molecule has 0 spiro atoms. The minimum absolute atomic E-state index is 0.175. The van der Waals surface area contributed by atoms with Crippen LogP contribution in [0.3, 0.4) is 0 Å². The first-order valence-corrected chi connectivity index (χ1v) is 14.7. The van der Waals surface area contributed by atoms with Gasteiger partial charge in [-0.1, -0.05) is 41.9 Å². The van der Waals surface area contributed by atoms with Gasteiger partial charge in [0.2, 0.25) is 11.8 Å². The quantitative estimate of drug-likeness (QED) is 0.360. The number of piperazine rings is 1. The predicted molar refractivity (Wildman–Crippen MR) is 154 cm³/mol. The van der Waals surface area contributed by atoms with Crippen LogP contribution < -0.4 is 10.6 Å². The Bertz CT molecular complexity index is 1220. The Hall–Kier alpha value is -2.87. The smallest absolute Gasteiger partial charge is 0.239 e. The molecule has 0 radical (unpaired) electrons. The lowest BCUT2D eigenvalue weighted by atomic mass is 9.99. The fraction of sp³-hybridized carbons (Fsp3) is 0.400. The number of amides is 2. The Balaban J connectivity index is 1.26. The number of hydrogen-bond donors (Lipinski definition) is 1. The van der Waals surface area contributed by atoms with Gasteiger partial charge in [0.05, 0.1) is 0 Å². The van der Waals surface area contributed by atoms with Crippen LogP contribution >= 0.6 is 22.9 Å². The molecule has 2 heterocycles. The third kappa shape index (κ3) is 6.76. The zero-order valence-electron chi connectivity index (χ0n) is 21.6. The molecule has 0 bridgehead atoms. The molecule has 38 heavy (non-hydrogen) atoms. The van der Waals surface area contributed by atoms with E-state index in [0.29, 0.717) is 43.4 Å². The van der Waals surface area contributed by atoms with E-state index in [1.807, 2.05) is 47.4 Å². The summed E-state index contributed by atoms with van der Waals surface area (Å²) in [6, 6.07) is 17.4. The van der Waals surface area contributed by atoms with Gasteiger partial charge >= 0.3 is 0 Å². The first-order valence-electron chi connectivity index (χ1n) is 13.4. The molecule has 1 aromatic heterocycles. The van der Waals surface area contributed by atoms with E-state index >= 15 is 0 Å². The van der Waals surface area contributed by atoms with E-state index < -0.39 is 6.04 Å². The standard InChI is InChI=1S/C30H35ClN4O2S/c31-25-10-7-22(8-11-25)9-12-28(36)34-16-14-33(15-17-34)27-4-2-1-3-26(27)29(30(32)37)35(19-23-5-6-23)20-24-13-18-38-21-24/h1-4,7-8,10-11,13,18,21,23,29H,5-6,9,12,14-17,19-20H2,(H2,32,37). The zero-order valence-corrected chi connectivity index (χ0v) is 23.2. The summed E-state index contributed by atoms with van der Waals surface area (Å²) in [6.45, 7) is 4.35. The molecule has 1 aliphatic carbocycles. The van der Waals surface area contributed by atoms with Gasteiger partial charge < -0.3 is 15.5 Å². The molecule has 2 N–H and O–H groups in total. The third-order valence-corrected chi connectivity index (χ3v) is 8.52. The Morgan fingerprint density at radius 3 is 2.39 bits per heavy atom. The van der Waals surface area contributed by atoms with E-state index in [9.17, 15) is 9.59 Å². The van der Waals surface area contributed by atoms with Crippen LogP contribution in [0.5, 0.6) is 0 Å². The Labute approximate surface area is 234 Å². The molecule has 1 aliphatic heterocycles. The fourth-order valence-electron chi connectivity index (χ4n) is 5.30. The van der Waals surface area contributed by atoms with Gasteiger partial charge in [-0.25, -0.2) is 0 Å². The normalized spacial score (nSPS) is 16.6. The summed E-state index contributed by atoms with van der Waals surface area (Å²) in [5, 5.41) is 4.93. The lowest BCUT2D eigenvalue weighted by molar-refractivity contribution is -0.131. The van der Waals surface area contributed by atoms with E-state index in [1.165, 1.54) is 18.4 Å². The third-order valence-electron chi connectivity index (χ3n) is 7.54. The molecular formula is C30H35ClN4O2S. The Kier molecular flexibility index (Phi) is 8.67. The second-order valence-corrected chi connectivity index (χ2v) is 11.6. The van der Waals surface area contributed by atoms with Gasteiger partial charge in [0.15, 0.2) is 0 Å². The molecule has 1 saturated carbocycles. The molecule has 2 fully saturated rings. The van der Waals surface area contributed by atoms with Crippen LogP contribution in [0, 0.1) is 5.92 Å². The van der Waals surface area contributed by atoms with E-state index in [0.717, 1.165) is 36.4 Å². The van der Waals surface area contributed by atoms with Gasteiger partial charge in [0, 0.05) is 62.0 Å². The average molecular weight is 551 g/mol. The number of para-hydroxylation sites is 1. The predicted octanol–water partition coefficient (Wildman–Crippen LogP) is 5.12. The summed E-state index contributed by atoms with van der Waals surface area (Å²) in [5.74, 6) is 0.490. The van der Waals surface area contributed by atoms with Crippen molar-refractivity contribution in [3.63, 3.8) is 0 Å². The highest BCUT2D eigenvalue weighted by Gasteiger charge is 2.34. The molecule has 3 aromatic rings. The minimum atomic E-state index is -0.495. The Morgan fingerprint density at radius 2 is 1.74 bits per heavy atom. The maximum atomic E-state index is 13.0. The molecule has 1 atom stereocenters. The lowest BCUT2D eigenvalue weighted by Crippen LogP contribution is -2.49. The summed E-state index contributed by atoms with van der Waals surface area (Å²) in [4.78, 5) is 32.4. The molecule has 2 aromatic carbocycles. The SMILES string of the molecule is NC(=O)C(c1ccccc1N1CCN(C(=O)CCc2ccc(Cl)cc2)CC1)N(Cc1ccsc1)CC1CC1. The summed E-state index contributed by atoms with van der Waals surface area (Å²) >= 11 is 7.65. The summed E-state index contributed by atoms with van der Waals surface area (Å²) in [5.41, 5.74) is 10.4. The lowest BCUT2D eigenvalue weighted by Gasteiger charge is -2.39. The maximum absolute atomic E-state index is 13.0. The highest BCUT2D eigenvalue weighted by atomic mass is 35.5. The molecule has 2 amide bonds. The van der Waals surface area contributed by atoms with Crippen molar-refractivity contribution in [2.24, 2.45) is 11.7 Å². The summed E-state index contributed by atoms with van der Waals surface area (Å²) in [7, 11) is 0. The van der Waals surface area contributed by atoms with Gasteiger partial charge in [-0.15, -0.1) is 0 Å². The van der Waals surface area contributed by atoms with Gasteiger partial charge in [-0.3, -0.25) is 14.5 Å². The molecule has 1 saturated heterocycles. The zero-order chi connectivity index (χ0) is 26.5. The molecule has 6 nitrogen and oxygen atoms in total. The van der Waals surface area contributed by atoms with Crippen molar-refractivity contribution in [2.45, 2.75) is 38.3 Å². The maximum Gasteiger partial charge on any atom is 0.239 e. The van der Waals surface area contributed by atoms with Crippen molar-refractivity contribution in [3.8, 4) is 0 Å². The van der Waals surface area contributed by atoms with Crippen molar-refractivity contribution in [2.75, 3.05) is 37.6 Å².